The third-order valence-electron chi connectivity index (χ3n) is 10.2. The molecule has 2 saturated heterocycles. The number of piperidine rings is 1. The molecule has 2 aromatic heterocycles. The van der Waals surface area contributed by atoms with E-state index in [1.54, 1.807) is 22.9 Å². The highest BCUT2D eigenvalue weighted by atomic mass is 19.1. The minimum atomic E-state index is -0.785. The Hall–Kier alpha value is -5.22. The van der Waals surface area contributed by atoms with Crippen molar-refractivity contribution in [2.75, 3.05) is 38.8 Å². The van der Waals surface area contributed by atoms with Gasteiger partial charge in [-0.1, -0.05) is 27.7 Å². The second kappa shape index (κ2) is 17.3. The molecule has 3 aromatic rings. The van der Waals surface area contributed by atoms with E-state index in [1.165, 1.54) is 32.5 Å². The van der Waals surface area contributed by atoms with Crippen LogP contribution in [0.15, 0.2) is 24.5 Å². The molecular formula is C37H51F2N9O6. The Bertz CT molecular complexity index is 1780. The zero-order valence-electron chi connectivity index (χ0n) is 31.8. The molecule has 5 N–H and O–H groups in total. The molecule has 294 valence electrons. The SMILES string of the molecule is COC(=O)NC(C(=O)NC(C)c1ncc(C2CCN(c3c(F)cc(-c4cnc(C5CCCN5C(=O)C(NC(=O)OC)C(C)C)[nH]4)cc3F)CC2)[nH]1)C(C)C. The van der Waals surface area contributed by atoms with E-state index in [4.69, 9.17) is 4.74 Å². The molecule has 2 fully saturated rings. The van der Waals surface area contributed by atoms with E-state index in [0.29, 0.717) is 56.2 Å². The van der Waals surface area contributed by atoms with E-state index in [9.17, 15) is 19.2 Å². The molecule has 4 amide bonds. The third-order valence-corrected chi connectivity index (χ3v) is 10.2. The van der Waals surface area contributed by atoms with Crippen molar-refractivity contribution in [1.82, 2.24) is 40.8 Å². The molecule has 0 saturated carbocycles. The summed E-state index contributed by atoms with van der Waals surface area (Å²) in [6.45, 7) is 10.4. The van der Waals surface area contributed by atoms with Gasteiger partial charge in [0.05, 0.1) is 38.2 Å². The van der Waals surface area contributed by atoms with Crippen LogP contribution in [0.5, 0.6) is 0 Å². The lowest BCUT2D eigenvalue weighted by atomic mass is 9.93. The second-order valence-corrected chi connectivity index (χ2v) is 14.6. The number of H-pyrrole nitrogens is 2. The standard InChI is InChI=1S/C37H51F2N9O6/c1-19(2)29(45-36(51)53-6)34(49)42-21(5)32-40-17-26(43-32)22-10-13-47(14-11-22)31-24(38)15-23(16-25(31)39)27-18-41-33(44-27)28-9-8-12-48(28)35(50)30(20(3)4)46-37(52)54-7/h15-22,28-30H,8-14H2,1-7H3,(H,40,43)(H,41,44)(H,42,49)(H,45,51)(H,46,52). The fourth-order valence-corrected chi connectivity index (χ4v) is 7.15. The van der Waals surface area contributed by atoms with Crippen molar-refractivity contribution in [3.05, 3.63) is 53.5 Å². The first-order chi connectivity index (χ1) is 25.7. The number of alkyl carbamates (subject to hydrolysis) is 2. The van der Waals surface area contributed by atoms with E-state index in [2.05, 4.69) is 40.6 Å². The molecule has 0 aliphatic carbocycles. The van der Waals surface area contributed by atoms with Gasteiger partial charge in [0, 0.05) is 43.0 Å². The number of benzene rings is 1. The number of imidazole rings is 2. The number of carbonyl (C=O) groups is 4. The number of carbonyl (C=O) groups excluding carboxylic acids is 4. The molecule has 0 radical (unpaired) electrons. The number of halogens is 2. The Kier molecular flexibility index (Phi) is 12.8. The molecule has 1 aromatic carbocycles. The van der Waals surface area contributed by atoms with E-state index < -0.39 is 41.9 Å². The van der Waals surface area contributed by atoms with Crippen molar-refractivity contribution in [3.8, 4) is 11.3 Å². The van der Waals surface area contributed by atoms with Crippen molar-refractivity contribution in [3.63, 3.8) is 0 Å². The number of amides is 4. The lowest BCUT2D eigenvalue weighted by Gasteiger charge is -2.33. The molecule has 0 bridgehead atoms. The van der Waals surface area contributed by atoms with Crippen molar-refractivity contribution in [2.45, 2.75) is 90.4 Å². The van der Waals surface area contributed by atoms with Crippen LogP contribution in [-0.2, 0) is 19.1 Å². The van der Waals surface area contributed by atoms with Crippen molar-refractivity contribution >= 4 is 29.7 Å². The molecule has 5 rings (SSSR count). The third kappa shape index (κ3) is 8.93. The highest BCUT2D eigenvalue weighted by Crippen LogP contribution is 2.36. The van der Waals surface area contributed by atoms with Gasteiger partial charge in [0.1, 0.15) is 41.1 Å². The monoisotopic (exact) mass is 755 g/mol. The van der Waals surface area contributed by atoms with Crippen LogP contribution in [0.3, 0.4) is 0 Å². The van der Waals surface area contributed by atoms with Crippen LogP contribution in [0.4, 0.5) is 24.1 Å². The van der Waals surface area contributed by atoms with Crippen LogP contribution in [-0.4, -0.2) is 94.8 Å². The number of hydrogen-bond acceptors (Lipinski definition) is 9. The molecule has 17 heteroatoms. The van der Waals surface area contributed by atoms with E-state index >= 15 is 8.78 Å². The maximum atomic E-state index is 15.7. The predicted molar refractivity (Wildman–Crippen MR) is 195 cm³/mol. The average Bonchev–Trinajstić information content (AvgIpc) is 3.93. The van der Waals surface area contributed by atoms with E-state index in [1.807, 2.05) is 27.7 Å². The molecule has 2 aliphatic rings. The lowest BCUT2D eigenvalue weighted by Crippen LogP contribution is -2.51. The Labute approximate surface area is 313 Å². The fraction of sp³-hybridized carbons (Fsp3) is 0.568. The zero-order chi connectivity index (χ0) is 39.3. The quantitative estimate of drug-likeness (QED) is 0.168. The molecule has 4 atom stereocenters. The van der Waals surface area contributed by atoms with Gasteiger partial charge >= 0.3 is 12.2 Å². The Morgan fingerprint density at radius 3 is 2.02 bits per heavy atom. The Morgan fingerprint density at radius 2 is 1.43 bits per heavy atom. The van der Waals surface area contributed by atoms with Crippen LogP contribution in [0, 0.1) is 23.5 Å². The first kappa shape index (κ1) is 40.0. The summed E-state index contributed by atoms with van der Waals surface area (Å²) in [7, 11) is 2.48. The largest absolute Gasteiger partial charge is 0.453 e. The molecule has 4 heterocycles. The number of methoxy groups -OCH3 is 2. The molecule has 4 unspecified atom stereocenters. The van der Waals surface area contributed by atoms with Crippen LogP contribution < -0.4 is 20.9 Å². The predicted octanol–water partition coefficient (Wildman–Crippen LogP) is 5.06. The van der Waals surface area contributed by atoms with Crippen LogP contribution in [0.2, 0.25) is 0 Å². The molecule has 0 spiro atoms. The van der Waals surface area contributed by atoms with Crippen molar-refractivity contribution in [1.29, 1.82) is 0 Å². The van der Waals surface area contributed by atoms with Crippen LogP contribution in [0.1, 0.15) is 95.6 Å². The second-order valence-electron chi connectivity index (χ2n) is 14.6. The highest BCUT2D eigenvalue weighted by molar-refractivity contribution is 5.87. The molecule has 15 nitrogen and oxygen atoms in total. The Balaban J connectivity index is 1.21. The van der Waals surface area contributed by atoms with Gasteiger partial charge < -0.3 is 45.2 Å². The van der Waals surface area contributed by atoms with Gasteiger partial charge in [0.15, 0.2) is 0 Å². The van der Waals surface area contributed by atoms with E-state index in [-0.39, 0.29) is 46.9 Å². The van der Waals surface area contributed by atoms with Gasteiger partial charge in [0.2, 0.25) is 11.8 Å². The maximum Gasteiger partial charge on any atom is 0.407 e. The van der Waals surface area contributed by atoms with Gasteiger partial charge in [-0.05, 0) is 56.6 Å². The normalized spacial score (nSPS) is 18.0. The number of aromatic amines is 2. The maximum absolute atomic E-state index is 15.7. The van der Waals surface area contributed by atoms with Crippen LogP contribution in [0.25, 0.3) is 11.3 Å². The van der Waals surface area contributed by atoms with Gasteiger partial charge in [-0.25, -0.2) is 28.3 Å². The summed E-state index contributed by atoms with van der Waals surface area (Å²) in [6.07, 6.45) is 4.47. The summed E-state index contributed by atoms with van der Waals surface area (Å²) < 4.78 is 40.7. The van der Waals surface area contributed by atoms with Gasteiger partial charge in [-0.3, -0.25) is 9.59 Å². The summed E-state index contributed by atoms with van der Waals surface area (Å²) in [5, 5.41) is 8.06. The number of ether oxygens (including phenoxy) is 2. The smallest absolute Gasteiger partial charge is 0.407 e. The van der Waals surface area contributed by atoms with E-state index in [0.717, 1.165) is 12.1 Å². The fourth-order valence-electron chi connectivity index (χ4n) is 7.15. The van der Waals surface area contributed by atoms with Crippen molar-refractivity contribution < 1.29 is 37.4 Å². The minimum Gasteiger partial charge on any atom is -0.453 e. The number of likely N-dealkylation sites (tertiary alicyclic amines) is 1. The van der Waals surface area contributed by atoms with Gasteiger partial charge in [0.25, 0.3) is 0 Å². The molecule has 2 aliphatic heterocycles. The summed E-state index contributed by atoms with van der Waals surface area (Å²) in [4.78, 5) is 68.8. The lowest BCUT2D eigenvalue weighted by molar-refractivity contribution is -0.135. The minimum absolute atomic E-state index is 0.0673. The summed E-state index contributed by atoms with van der Waals surface area (Å²) in [6, 6.07) is 0.156. The number of rotatable bonds is 12. The van der Waals surface area contributed by atoms with Gasteiger partial charge in [-0.2, -0.15) is 0 Å². The number of hydrogen-bond donors (Lipinski definition) is 5. The number of anilines is 1. The number of aromatic nitrogens is 4. The van der Waals surface area contributed by atoms with Crippen LogP contribution >= 0.6 is 0 Å². The first-order valence-electron chi connectivity index (χ1n) is 18.4. The molecule has 54 heavy (non-hydrogen) atoms. The summed E-state index contributed by atoms with van der Waals surface area (Å²) in [5.74, 6) is -1.24. The summed E-state index contributed by atoms with van der Waals surface area (Å²) in [5.41, 5.74) is 1.48. The topological polar surface area (TPSA) is 187 Å². The number of nitrogens with one attached hydrogen (secondary N) is 5. The first-order valence-corrected chi connectivity index (χ1v) is 18.4. The number of nitrogens with zero attached hydrogens (tertiary/aromatic N) is 4. The Morgan fingerprint density at radius 1 is 0.815 bits per heavy atom. The molecular weight excluding hydrogens is 704 g/mol. The average molecular weight is 756 g/mol. The van der Waals surface area contributed by atoms with Gasteiger partial charge in [-0.15, -0.1) is 0 Å². The van der Waals surface area contributed by atoms with Crippen molar-refractivity contribution in [2.24, 2.45) is 11.8 Å². The zero-order valence-corrected chi connectivity index (χ0v) is 31.8. The summed E-state index contributed by atoms with van der Waals surface area (Å²) >= 11 is 0. The highest BCUT2D eigenvalue weighted by Gasteiger charge is 2.38.